The number of ether oxygens (including phenoxy) is 1. The van der Waals surface area contributed by atoms with Crippen LogP contribution in [0.5, 0.6) is 0 Å². The van der Waals surface area contributed by atoms with Gasteiger partial charge in [0.05, 0.1) is 19.0 Å². The van der Waals surface area contributed by atoms with Crippen molar-refractivity contribution in [1.29, 1.82) is 0 Å². The van der Waals surface area contributed by atoms with E-state index in [1.165, 1.54) is 4.90 Å². The van der Waals surface area contributed by atoms with Crippen molar-refractivity contribution in [2.45, 2.75) is 37.8 Å². The summed E-state index contributed by atoms with van der Waals surface area (Å²) in [6.45, 7) is 2.03. The molecule has 7 nitrogen and oxygen atoms in total. The molecule has 2 aliphatic heterocycles. The van der Waals surface area contributed by atoms with Crippen LogP contribution in [0.3, 0.4) is 0 Å². The van der Waals surface area contributed by atoms with E-state index in [-0.39, 0.29) is 31.9 Å². The molecule has 108 valence electrons. The van der Waals surface area contributed by atoms with Crippen LogP contribution >= 0.6 is 0 Å². The van der Waals surface area contributed by atoms with E-state index in [0.717, 1.165) is 6.26 Å². The van der Waals surface area contributed by atoms with Crippen LogP contribution in [0, 0.1) is 0 Å². The van der Waals surface area contributed by atoms with Gasteiger partial charge in [-0.2, -0.15) is 8.42 Å². The van der Waals surface area contributed by atoms with Crippen LogP contribution in [-0.2, 0) is 28.6 Å². The molecule has 0 spiro atoms. The predicted molar refractivity (Wildman–Crippen MR) is 64.6 cm³/mol. The van der Waals surface area contributed by atoms with Gasteiger partial charge >= 0.3 is 5.97 Å². The van der Waals surface area contributed by atoms with Gasteiger partial charge < -0.3 is 9.64 Å². The van der Waals surface area contributed by atoms with Gasteiger partial charge in [0.1, 0.15) is 5.54 Å². The fourth-order valence-electron chi connectivity index (χ4n) is 2.83. The Morgan fingerprint density at radius 2 is 2.21 bits per heavy atom. The molecule has 0 aromatic carbocycles. The fourth-order valence-corrected chi connectivity index (χ4v) is 3.45. The standard InChI is InChI=1S/C11H17NO6S/c1-3-17-10(14)11-5-4-9(13)12(11)7-8(6-11)18-19(2,15)16/h8H,3-7H2,1-2H3. The topological polar surface area (TPSA) is 90.0 Å². The van der Waals surface area contributed by atoms with Gasteiger partial charge in [0.2, 0.25) is 5.91 Å². The van der Waals surface area contributed by atoms with Crippen molar-refractivity contribution in [3.05, 3.63) is 0 Å². The maximum Gasteiger partial charge on any atom is 0.332 e. The van der Waals surface area contributed by atoms with Crippen LogP contribution in [-0.4, -0.2) is 56.2 Å². The number of fused-ring (bicyclic) bond motifs is 1. The Hall–Kier alpha value is -1.15. The van der Waals surface area contributed by atoms with Gasteiger partial charge in [-0.15, -0.1) is 0 Å². The number of rotatable bonds is 4. The SMILES string of the molecule is CCOC(=O)C12CCC(=O)N1CC(OS(C)(=O)=O)C2. The highest BCUT2D eigenvalue weighted by Gasteiger charge is 2.58. The Bertz CT molecular complexity index is 501. The van der Waals surface area contributed by atoms with E-state index in [4.69, 9.17) is 8.92 Å². The Labute approximate surface area is 112 Å². The molecule has 1 amide bonds. The summed E-state index contributed by atoms with van der Waals surface area (Å²) in [7, 11) is -3.61. The van der Waals surface area contributed by atoms with E-state index in [9.17, 15) is 18.0 Å². The molecular weight excluding hydrogens is 274 g/mol. The first-order valence-electron chi connectivity index (χ1n) is 6.14. The van der Waals surface area contributed by atoms with E-state index in [0.29, 0.717) is 6.42 Å². The van der Waals surface area contributed by atoms with Crippen molar-refractivity contribution in [3.8, 4) is 0 Å². The van der Waals surface area contributed by atoms with Crippen molar-refractivity contribution in [1.82, 2.24) is 4.90 Å². The summed E-state index contributed by atoms with van der Waals surface area (Å²) in [5, 5.41) is 0. The zero-order valence-corrected chi connectivity index (χ0v) is 11.7. The molecule has 2 heterocycles. The third kappa shape index (κ3) is 2.59. The second-order valence-electron chi connectivity index (χ2n) is 4.88. The highest BCUT2D eigenvalue weighted by atomic mass is 32.2. The largest absolute Gasteiger partial charge is 0.464 e. The molecule has 2 fully saturated rings. The van der Waals surface area contributed by atoms with Gasteiger partial charge in [-0.3, -0.25) is 8.98 Å². The molecule has 2 rings (SSSR count). The molecule has 0 saturated carbocycles. The lowest BCUT2D eigenvalue weighted by molar-refractivity contribution is -0.157. The molecule has 2 saturated heterocycles. The van der Waals surface area contributed by atoms with Crippen molar-refractivity contribution in [3.63, 3.8) is 0 Å². The lowest BCUT2D eigenvalue weighted by Crippen LogP contribution is -2.48. The molecule has 2 atom stereocenters. The Kier molecular flexibility index (Phi) is 3.57. The zero-order chi connectivity index (χ0) is 14.3. The van der Waals surface area contributed by atoms with E-state index < -0.39 is 27.7 Å². The predicted octanol–water partition coefficient (Wildman–Crippen LogP) is -0.341. The van der Waals surface area contributed by atoms with E-state index >= 15 is 0 Å². The maximum atomic E-state index is 12.1. The first kappa shape index (κ1) is 14.3. The van der Waals surface area contributed by atoms with Gasteiger partial charge in [0, 0.05) is 19.4 Å². The molecule has 0 aromatic heterocycles. The lowest BCUT2D eigenvalue weighted by atomic mass is 9.93. The van der Waals surface area contributed by atoms with E-state index in [1.54, 1.807) is 6.92 Å². The summed E-state index contributed by atoms with van der Waals surface area (Å²) in [6, 6.07) is 0. The number of hydrogen-bond acceptors (Lipinski definition) is 6. The Morgan fingerprint density at radius 3 is 2.79 bits per heavy atom. The van der Waals surface area contributed by atoms with Gasteiger partial charge in [-0.05, 0) is 13.3 Å². The summed E-state index contributed by atoms with van der Waals surface area (Å²) in [6.07, 6.45) is 1.09. The fraction of sp³-hybridized carbons (Fsp3) is 0.818. The quantitative estimate of drug-likeness (QED) is 0.520. The summed E-state index contributed by atoms with van der Waals surface area (Å²) in [4.78, 5) is 25.3. The third-order valence-electron chi connectivity index (χ3n) is 3.49. The minimum absolute atomic E-state index is 0.116. The van der Waals surface area contributed by atoms with Crippen LogP contribution in [0.4, 0.5) is 0 Å². The number of nitrogens with zero attached hydrogens (tertiary/aromatic N) is 1. The smallest absolute Gasteiger partial charge is 0.332 e. The summed E-state index contributed by atoms with van der Waals surface area (Å²) < 4.78 is 32.2. The molecule has 8 heteroatoms. The van der Waals surface area contributed by atoms with Gasteiger partial charge in [0.15, 0.2) is 0 Å². The molecule has 2 unspecified atom stereocenters. The summed E-state index contributed by atoms with van der Waals surface area (Å²) >= 11 is 0. The summed E-state index contributed by atoms with van der Waals surface area (Å²) in [5.41, 5.74) is -1.04. The van der Waals surface area contributed by atoms with E-state index in [1.807, 2.05) is 0 Å². The highest BCUT2D eigenvalue weighted by molar-refractivity contribution is 7.86. The van der Waals surface area contributed by atoms with Crippen molar-refractivity contribution in [2.75, 3.05) is 19.4 Å². The maximum absolute atomic E-state index is 12.1. The number of hydrogen-bond donors (Lipinski definition) is 0. The second-order valence-corrected chi connectivity index (χ2v) is 6.48. The number of esters is 1. The second kappa shape index (κ2) is 4.75. The monoisotopic (exact) mass is 291 g/mol. The lowest BCUT2D eigenvalue weighted by Gasteiger charge is -2.28. The highest BCUT2D eigenvalue weighted by Crippen LogP contribution is 2.41. The first-order valence-corrected chi connectivity index (χ1v) is 7.96. The molecule has 19 heavy (non-hydrogen) atoms. The first-order chi connectivity index (χ1) is 8.78. The number of amides is 1. The normalized spacial score (nSPS) is 30.5. The molecule has 0 radical (unpaired) electrons. The molecule has 2 aliphatic rings. The Morgan fingerprint density at radius 1 is 1.53 bits per heavy atom. The minimum atomic E-state index is -3.61. The van der Waals surface area contributed by atoms with Crippen molar-refractivity contribution < 1.29 is 26.9 Å². The average molecular weight is 291 g/mol. The molecule has 0 N–H and O–H groups in total. The molecule has 0 bridgehead atoms. The molecule has 0 aliphatic carbocycles. The zero-order valence-electron chi connectivity index (χ0n) is 10.9. The van der Waals surface area contributed by atoms with Crippen molar-refractivity contribution >= 4 is 22.0 Å². The van der Waals surface area contributed by atoms with Crippen LogP contribution < -0.4 is 0 Å². The van der Waals surface area contributed by atoms with Crippen LogP contribution in [0.1, 0.15) is 26.2 Å². The minimum Gasteiger partial charge on any atom is -0.464 e. The van der Waals surface area contributed by atoms with Gasteiger partial charge in [-0.1, -0.05) is 0 Å². The van der Waals surface area contributed by atoms with Crippen molar-refractivity contribution in [2.24, 2.45) is 0 Å². The number of carbonyl (C=O) groups excluding carboxylic acids is 2. The molecular formula is C11H17NO6S. The Balaban J connectivity index is 2.21. The van der Waals surface area contributed by atoms with Crippen LogP contribution in [0.25, 0.3) is 0 Å². The number of carbonyl (C=O) groups is 2. The van der Waals surface area contributed by atoms with E-state index in [2.05, 4.69) is 0 Å². The average Bonchev–Trinajstić information content (AvgIpc) is 2.76. The van der Waals surface area contributed by atoms with Gasteiger partial charge in [0.25, 0.3) is 10.1 Å². The van der Waals surface area contributed by atoms with Crippen LogP contribution in [0.2, 0.25) is 0 Å². The van der Waals surface area contributed by atoms with Gasteiger partial charge in [-0.25, -0.2) is 4.79 Å². The third-order valence-corrected chi connectivity index (χ3v) is 4.11. The summed E-state index contributed by atoms with van der Waals surface area (Å²) in [5.74, 6) is -0.631. The van der Waals surface area contributed by atoms with Crippen LogP contribution in [0.15, 0.2) is 0 Å². The molecule has 0 aromatic rings.